The van der Waals surface area contributed by atoms with E-state index in [2.05, 4.69) is 47.2 Å². The minimum absolute atomic E-state index is 0.111. The van der Waals surface area contributed by atoms with E-state index in [1.165, 1.54) is 22.3 Å². The van der Waals surface area contributed by atoms with Gasteiger partial charge in [0, 0.05) is 38.5 Å². The van der Waals surface area contributed by atoms with Crippen LogP contribution < -0.4 is 10.9 Å². The highest BCUT2D eigenvalue weighted by molar-refractivity contribution is 5.79. The second-order valence-electron chi connectivity index (χ2n) is 6.81. The van der Waals surface area contributed by atoms with Crippen LogP contribution in [0.1, 0.15) is 17.0 Å². The van der Waals surface area contributed by atoms with Gasteiger partial charge in [0.15, 0.2) is 0 Å². The van der Waals surface area contributed by atoms with Gasteiger partial charge in [-0.15, -0.1) is 0 Å². The van der Waals surface area contributed by atoms with Crippen molar-refractivity contribution in [1.29, 1.82) is 0 Å². The molecule has 1 saturated heterocycles. The lowest BCUT2D eigenvalue weighted by Gasteiger charge is -2.21. The summed E-state index contributed by atoms with van der Waals surface area (Å²) in [5, 5.41) is 0. The van der Waals surface area contributed by atoms with E-state index in [1.54, 1.807) is 11.9 Å². The van der Waals surface area contributed by atoms with Gasteiger partial charge < -0.3 is 9.64 Å². The first-order chi connectivity index (χ1) is 12.2. The van der Waals surface area contributed by atoms with Gasteiger partial charge in [0.05, 0.1) is 0 Å². The summed E-state index contributed by atoms with van der Waals surface area (Å²) < 4.78 is 5.66. The van der Waals surface area contributed by atoms with Crippen molar-refractivity contribution in [2.24, 2.45) is 5.92 Å². The Balaban J connectivity index is 1.45. The molecule has 0 unspecified atom stereocenters. The summed E-state index contributed by atoms with van der Waals surface area (Å²) >= 11 is 0. The maximum absolute atomic E-state index is 12.4. The largest absolute Gasteiger partial charge is 0.448 e. The van der Waals surface area contributed by atoms with Gasteiger partial charge in [-0.2, -0.15) is 0 Å². The zero-order chi connectivity index (χ0) is 17.2. The second-order valence-corrected chi connectivity index (χ2v) is 6.81. The molecule has 1 fully saturated rings. The lowest BCUT2D eigenvalue weighted by atomic mass is 9.98. The average molecular weight is 337 g/mol. The van der Waals surface area contributed by atoms with Crippen molar-refractivity contribution in [1.82, 2.24) is 15.8 Å². The van der Waals surface area contributed by atoms with Crippen LogP contribution in [0.2, 0.25) is 0 Å². The molecular formula is C20H23N3O2. The Hall–Kier alpha value is -2.37. The van der Waals surface area contributed by atoms with Crippen molar-refractivity contribution in [2.75, 3.05) is 33.3 Å². The molecule has 0 aromatic heterocycles. The molecule has 25 heavy (non-hydrogen) atoms. The Kier molecular flexibility index (Phi) is 4.42. The van der Waals surface area contributed by atoms with E-state index < -0.39 is 0 Å². The Morgan fingerprint density at radius 2 is 1.60 bits per heavy atom. The van der Waals surface area contributed by atoms with E-state index in [0.717, 1.165) is 13.1 Å². The summed E-state index contributed by atoms with van der Waals surface area (Å²) in [6.45, 7) is 2.82. The molecule has 2 N–H and O–H groups in total. The molecule has 0 atom stereocenters. The van der Waals surface area contributed by atoms with Crippen LogP contribution in [0.15, 0.2) is 48.5 Å². The number of ether oxygens (including phenoxy) is 1. The number of carbonyl (C=O) groups is 1. The number of carbonyl (C=O) groups excluding carboxylic acids is 1. The molecule has 0 bridgehead atoms. The Morgan fingerprint density at radius 1 is 1.04 bits per heavy atom. The molecule has 0 saturated carbocycles. The Labute approximate surface area is 148 Å². The number of benzene rings is 2. The predicted octanol–water partition coefficient (Wildman–Crippen LogP) is 2.59. The molecule has 1 aliphatic carbocycles. The molecule has 5 nitrogen and oxygen atoms in total. The van der Waals surface area contributed by atoms with Crippen molar-refractivity contribution in [3.8, 4) is 11.1 Å². The van der Waals surface area contributed by atoms with Crippen molar-refractivity contribution >= 4 is 6.09 Å². The first-order valence-electron chi connectivity index (χ1n) is 8.76. The topological polar surface area (TPSA) is 53.6 Å². The summed E-state index contributed by atoms with van der Waals surface area (Å²) in [6, 6.07) is 16.8. The van der Waals surface area contributed by atoms with E-state index in [-0.39, 0.29) is 12.0 Å². The molecule has 2 aromatic rings. The third-order valence-corrected chi connectivity index (χ3v) is 5.09. The summed E-state index contributed by atoms with van der Waals surface area (Å²) in [7, 11) is 1.80. The fourth-order valence-corrected chi connectivity index (χ4v) is 3.80. The van der Waals surface area contributed by atoms with Gasteiger partial charge >= 0.3 is 6.09 Å². The van der Waals surface area contributed by atoms with Crippen molar-refractivity contribution in [2.45, 2.75) is 5.92 Å². The van der Waals surface area contributed by atoms with Crippen LogP contribution in [0.5, 0.6) is 0 Å². The van der Waals surface area contributed by atoms with Gasteiger partial charge in [-0.1, -0.05) is 48.5 Å². The molecule has 0 radical (unpaired) electrons. The molecule has 130 valence electrons. The third kappa shape index (κ3) is 3.13. The van der Waals surface area contributed by atoms with Crippen LogP contribution in [0, 0.1) is 5.92 Å². The fourth-order valence-electron chi connectivity index (χ4n) is 3.80. The van der Waals surface area contributed by atoms with Crippen molar-refractivity contribution in [3.05, 3.63) is 59.7 Å². The van der Waals surface area contributed by atoms with Gasteiger partial charge in [0.25, 0.3) is 0 Å². The number of rotatable bonds is 4. The first kappa shape index (κ1) is 16.1. The fraction of sp³-hybridized carbons (Fsp3) is 0.350. The number of hydrogen-bond donors (Lipinski definition) is 2. The number of fused-ring (bicyclic) bond motifs is 3. The maximum atomic E-state index is 12.4. The number of hydrazine groups is 1. The minimum atomic E-state index is -0.256. The first-order valence-corrected chi connectivity index (χ1v) is 8.76. The number of amides is 1. The smallest absolute Gasteiger partial charge is 0.409 e. The predicted molar refractivity (Wildman–Crippen MR) is 97.2 cm³/mol. The van der Waals surface area contributed by atoms with E-state index in [9.17, 15) is 4.79 Å². The summed E-state index contributed by atoms with van der Waals surface area (Å²) in [5.74, 6) is 0.532. The van der Waals surface area contributed by atoms with Crippen LogP contribution in [0.3, 0.4) is 0 Å². The Bertz CT molecular complexity index is 726. The number of nitrogens with one attached hydrogen (secondary N) is 2. The lowest BCUT2D eigenvalue weighted by Crippen LogP contribution is -2.34. The quantitative estimate of drug-likeness (QED) is 0.900. The molecule has 1 heterocycles. The van der Waals surface area contributed by atoms with Gasteiger partial charge in [0.1, 0.15) is 6.61 Å². The van der Waals surface area contributed by atoms with Crippen LogP contribution in [-0.4, -0.2) is 44.3 Å². The lowest BCUT2D eigenvalue weighted by molar-refractivity contribution is 0.104. The molecule has 0 spiro atoms. The zero-order valence-electron chi connectivity index (χ0n) is 14.4. The molecule has 2 aliphatic rings. The standard InChI is InChI=1S/C20H23N3O2/c1-23(12-14-10-21-22-11-14)20(24)25-13-19-17-8-4-2-6-15(17)16-7-3-5-9-18(16)19/h2-9,14,19,21-22H,10-13H2,1H3. The van der Waals surface area contributed by atoms with Gasteiger partial charge in [-0.25, -0.2) is 4.79 Å². The highest BCUT2D eigenvalue weighted by Crippen LogP contribution is 2.44. The third-order valence-electron chi connectivity index (χ3n) is 5.09. The molecule has 4 rings (SSSR count). The van der Waals surface area contributed by atoms with Gasteiger partial charge in [-0.3, -0.25) is 10.9 Å². The van der Waals surface area contributed by atoms with Crippen molar-refractivity contribution < 1.29 is 9.53 Å². The summed E-state index contributed by atoms with van der Waals surface area (Å²) in [4.78, 5) is 14.0. The van der Waals surface area contributed by atoms with E-state index in [4.69, 9.17) is 4.74 Å². The average Bonchev–Trinajstić information content (AvgIpc) is 3.26. The van der Waals surface area contributed by atoms with Crippen LogP contribution in [-0.2, 0) is 4.74 Å². The number of hydrogen-bond acceptors (Lipinski definition) is 4. The van der Waals surface area contributed by atoms with E-state index in [0.29, 0.717) is 19.1 Å². The SMILES string of the molecule is CN(CC1CNNC1)C(=O)OCC1c2ccccc2-c2ccccc21. The second kappa shape index (κ2) is 6.86. The number of nitrogens with zero attached hydrogens (tertiary/aromatic N) is 1. The van der Waals surface area contributed by atoms with Crippen LogP contribution in [0.4, 0.5) is 4.79 Å². The van der Waals surface area contributed by atoms with Crippen molar-refractivity contribution in [3.63, 3.8) is 0 Å². The Morgan fingerprint density at radius 3 is 2.20 bits per heavy atom. The molecule has 5 heteroatoms. The molecule has 1 aliphatic heterocycles. The maximum Gasteiger partial charge on any atom is 0.409 e. The van der Waals surface area contributed by atoms with E-state index in [1.807, 2.05) is 12.1 Å². The summed E-state index contributed by atoms with van der Waals surface area (Å²) in [6.07, 6.45) is -0.256. The highest BCUT2D eigenvalue weighted by Gasteiger charge is 2.29. The van der Waals surface area contributed by atoms with Gasteiger partial charge in [-0.05, 0) is 22.3 Å². The molecule has 1 amide bonds. The minimum Gasteiger partial charge on any atom is -0.448 e. The monoisotopic (exact) mass is 337 g/mol. The molecular weight excluding hydrogens is 314 g/mol. The van der Waals surface area contributed by atoms with Crippen LogP contribution in [0.25, 0.3) is 11.1 Å². The normalized spacial score (nSPS) is 16.5. The molecule has 2 aromatic carbocycles. The van der Waals surface area contributed by atoms with Gasteiger partial charge in [0.2, 0.25) is 0 Å². The zero-order valence-corrected chi connectivity index (χ0v) is 14.4. The van der Waals surface area contributed by atoms with Crippen LogP contribution >= 0.6 is 0 Å². The van der Waals surface area contributed by atoms with E-state index >= 15 is 0 Å². The highest BCUT2D eigenvalue weighted by atomic mass is 16.6. The summed E-state index contributed by atoms with van der Waals surface area (Å²) in [5.41, 5.74) is 11.1.